The monoisotopic (exact) mass is 404 g/mol. The Balaban J connectivity index is 1.96. The molecule has 0 unspecified atom stereocenters. The quantitative estimate of drug-likeness (QED) is 0.603. The summed E-state index contributed by atoms with van der Waals surface area (Å²) in [7, 11) is -7.49. The second-order valence-corrected chi connectivity index (χ2v) is 9.59. The van der Waals surface area contributed by atoms with Gasteiger partial charge >= 0.3 is 0 Å². The summed E-state index contributed by atoms with van der Waals surface area (Å²) < 4.78 is 49.1. The molecular weight excluding hydrogens is 388 g/mol. The lowest BCUT2D eigenvalue weighted by Crippen LogP contribution is -2.25. The Kier molecular flexibility index (Phi) is 5.90. The van der Waals surface area contributed by atoms with Gasteiger partial charge < -0.3 is 5.32 Å². The maximum Gasteiger partial charge on any atom is 0.251 e. The van der Waals surface area contributed by atoms with E-state index in [-0.39, 0.29) is 26.7 Å². The van der Waals surface area contributed by atoms with Crippen LogP contribution >= 0.6 is 11.3 Å². The molecule has 0 bridgehead atoms. The van der Waals surface area contributed by atoms with Gasteiger partial charge in [-0.2, -0.15) is 0 Å². The van der Waals surface area contributed by atoms with Crippen molar-refractivity contribution in [3.63, 3.8) is 0 Å². The third-order valence-electron chi connectivity index (χ3n) is 2.99. The molecule has 0 saturated carbocycles. The van der Waals surface area contributed by atoms with Crippen LogP contribution in [0.3, 0.4) is 0 Å². The number of nitrogens with one attached hydrogen (secondary N) is 2. The molecule has 12 heteroatoms. The van der Waals surface area contributed by atoms with Crippen LogP contribution in [-0.4, -0.2) is 34.3 Å². The predicted molar refractivity (Wildman–Crippen MR) is 93.1 cm³/mol. The van der Waals surface area contributed by atoms with E-state index in [1.807, 2.05) is 0 Å². The summed E-state index contributed by atoms with van der Waals surface area (Å²) in [5, 5.41) is 7.62. The summed E-state index contributed by atoms with van der Waals surface area (Å²) >= 11 is 0.845. The molecular formula is C13H16N4O5S3. The zero-order valence-corrected chi connectivity index (χ0v) is 15.5. The zero-order valence-electron chi connectivity index (χ0n) is 13.1. The second-order valence-electron chi connectivity index (χ2n) is 5.00. The van der Waals surface area contributed by atoms with Crippen molar-refractivity contribution in [2.45, 2.75) is 22.4 Å². The zero-order chi connectivity index (χ0) is 18.7. The molecule has 2 aromatic rings. The van der Waals surface area contributed by atoms with Crippen LogP contribution in [0.1, 0.15) is 12.5 Å². The van der Waals surface area contributed by atoms with Crippen molar-refractivity contribution in [2.75, 3.05) is 11.9 Å². The minimum Gasteiger partial charge on any atom is -0.302 e. The lowest BCUT2D eigenvalue weighted by molar-refractivity contribution is -0.114. The topological polar surface area (TPSA) is 148 Å². The van der Waals surface area contributed by atoms with Gasteiger partial charge in [0.25, 0.3) is 10.0 Å². The number of carbonyl (C=O) groups is 1. The van der Waals surface area contributed by atoms with E-state index < -0.39 is 20.0 Å². The van der Waals surface area contributed by atoms with Gasteiger partial charge in [0.1, 0.15) is 0 Å². The highest BCUT2D eigenvalue weighted by Crippen LogP contribution is 2.22. The van der Waals surface area contributed by atoms with Crippen molar-refractivity contribution in [1.82, 2.24) is 9.71 Å². The van der Waals surface area contributed by atoms with Crippen LogP contribution in [0.15, 0.2) is 39.6 Å². The van der Waals surface area contributed by atoms with E-state index in [2.05, 4.69) is 15.0 Å². The van der Waals surface area contributed by atoms with Crippen LogP contribution in [0.5, 0.6) is 0 Å². The fourth-order valence-corrected chi connectivity index (χ4v) is 4.51. The first-order valence-corrected chi connectivity index (χ1v) is 10.8. The summed E-state index contributed by atoms with van der Waals surface area (Å²) in [6.07, 6.45) is 1.53. The fraction of sp³-hybridized carbons (Fsp3) is 0.231. The number of rotatable bonds is 7. The number of nitrogens with two attached hydrogens (primary N) is 1. The molecule has 1 aromatic carbocycles. The van der Waals surface area contributed by atoms with Crippen LogP contribution in [0.25, 0.3) is 0 Å². The second kappa shape index (κ2) is 7.58. The van der Waals surface area contributed by atoms with E-state index in [0.29, 0.717) is 6.42 Å². The van der Waals surface area contributed by atoms with E-state index in [4.69, 9.17) is 5.14 Å². The average Bonchev–Trinajstić information content (AvgIpc) is 2.95. The molecule has 136 valence electrons. The van der Waals surface area contributed by atoms with Crippen LogP contribution in [0.4, 0.5) is 5.13 Å². The molecule has 0 saturated heterocycles. The SMILES string of the molecule is CC(=O)Nc1ncc(S(=O)(=O)NCCc2ccc(S(N)(=O)=O)cc2)s1. The standard InChI is InChI=1S/C13H16N4O5S3/c1-9(18)17-13-15-8-12(23-13)25(21,22)16-7-6-10-2-4-11(5-3-10)24(14,19)20/h2-5,8,16H,6-7H2,1H3,(H2,14,19,20)(H,15,17,18). The Bertz CT molecular complexity index is 965. The van der Waals surface area contributed by atoms with Crippen LogP contribution in [0.2, 0.25) is 0 Å². The molecule has 0 radical (unpaired) electrons. The summed E-state index contributed by atoms with van der Waals surface area (Å²) in [5.41, 5.74) is 0.748. The van der Waals surface area contributed by atoms with Gasteiger partial charge in [0.2, 0.25) is 15.9 Å². The molecule has 0 fully saturated rings. The normalized spacial score (nSPS) is 12.1. The number of primary sulfonamides is 1. The summed E-state index contributed by atoms with van der Waals surface area (Å²) in [6.45, 7) is 1.42. The Labute approximate surface area is 149 Å². The number of hydrogen-bond acceptors (Lipinski definition) is 7. The molecule has 0 spiro atoms. The minimum atomic E-state index is -3.75. The van der Waals surface area contributed by atoms with Crippen molar-refractivity contribution >= 4 is 42.4 Å². The number of anilines is 1. The summed E-state index contributed by atoms with van der Waals surface area (Å²) in [4.78, 5) is 14.7. The number of benzene rings is 1. The number of sulfonamides is 2. The largest absolute Gasteiger partial charge is 0.302 e. The first kappa shape index (κ1) is 19.5. The van der Waals surface area contributed by atoms with Crippen LogP contribution in [-0.2, 0) is 31.3 Å². The van der Waals surface area contributed by atoms with E-state index in [1.165, 1.54) is 25.3 Å². The maximum atomic E-state index is 12.2. The average molecular weight is 404 g/mol. The van der Waals surface area contributed by atoms with E-state index in [0.717, 1.165) is 16.9 Å². The van der Waals surface area contributed by atoms with E-state index in [1.54, 1.807) is 12.1 Å². The van der Waals surface area contributed by atoms with Gasteiger partial charge in [-0.25, -0.2) is 31.7 Å². The molecule has 0 aliphatic carbocycles. The number of thiazole rings is 1. The van der Waals surface area contributed by atoms with Crippen molar-refractivity contribution in [2.24, 2.45) is 5.14 Å². The number of nitrogens with zero attached hydrogens (tertiary/aromatic N) is 1. The van der Waals surface area contributed by atoms with Crippen LogP contribution < -0.4 is 15.2 Å². The van der Waals surface area contributed by atoms with Gasteiger partial charge in [0.15, 0.2) is 9.34 Å². The lowest BCUT2D eigenvalue weighted by atomic mass is 10.2. The first-order chi connectivity index (χ1) is 11.6. The Morgan fingerprint density at radius 2 is 1.84 bits per heavy atom. The third-order valence-corrected chi connectivity index (χ3v) is 6.75. The fourth-order valence-electron chi connectivity index (χ4n) is 1.84. The molecule has 1 amide bonds. The van der Waals surface area contributed by atoms with Crippen molar-refractivity contribution in [3.05, 3.63) is 36.0 Å². The molecule has 2 rings (SSSR count). The first-order valence-electron chi connectivity index (χ1n) is 6.93. The molecule has 0 atom stereocenters. The van der Waals surface area contributed by atoms with E-state index in [9.17, 15) is 21.6 Å². The molecule has 0 aliphatic heterocycles. The number of carbonyl (C=O) groups excluding carboxylic acids is 1. The smallest absolute Gasteiger partial charge is 0.251 e. The molecule has 4 N–H and O–H groups in total. The molecule has 9 nitrogen and oxygen atoms in total. The molecule has 0 aliphatic rings. The highest BCUT2D eigenvalue weighted by atomic mass is 32.2. The maximum absolute atomic E-state index is 12.2. The van der Waals surface area contributed by atoms with E-state index >= 15 is 0 Å². The third kappa shape index (κ3) is 5.57. The Morgan fingerprint density at radius 3 is 2.40 bits per heavy atom. The lowest BCUT2D eigenvalue weighted by Gasteiger charge is -2.05. The molecule has 25 heavy (non-hydrogen) atoms. The van der Waals surface area contributed by atoms with Gasteiger partial charge in [-0.3, -0.25) is 4.79 Å². The van der Waals surface area contributed by atoms with Gasteiger partial charge in [-0.05, 0) is 24.1 Å². The Morgan fingerprint density at radius 1 is 1.20 bits per heavy atom. The molecule has 1 aromatic heterocycles. The van der Waals surface area contributed by atoms with Gasteiger partial charge in [-0.1, -0.05) is 23.5 Å². The highest BCUT2D eigenvalue weighted by molar-refractivity contribution is 7.91. The molecule has 1 heterocycles. The van der Waals surface area contributed by atoms with Gasteiger partial charge in [0.05, 0.1) is 11.1 Å². The van der Waals surface area contributed by atoms with Gasteiger partial charge in [0, 0.05) is 13.5 Å². The Hall–Kier alpha value is -1.86. The van der Waals surface area contributed by atoms with Crippen molar-refractivity contribution in [3.8, 4) is 0 Å². The van der Waals surface area contributed by atoms with Crippen molar-refractivity contribution in [1.29, 1.82) is 0 Å². The van der Waals surface area contributed by atoms with Gasteiger partial charge in [-0.15, -0.1) is 0 Å². The number of hydrogen-bond donors (Lipinski definition) is 3. The highest BCUT2D eigenvalue weighted by Gasteiger charge is 2.18. The number of aromatic nitrogens is 1. The minimum absolute atomic E-state index is 0.00742. The van der Waals surface area contributed by atoms with Crippen LogP contribution in [0, 0.1) is 0 Å². The summed E-state index contributed by atoms with van der Waals surface area (Å²) in [6, 6.07) is 5.86. The summed E-state index contributed by atoms with van der Waals surface area (Å²) in [5.74, 6) is -0.339. The van der Waals surface area contributed by atoms with Crippen molar-refractivity contribution < 1.29 is 21.6 Å². The predicted octanol–water partition coefficient (Wildman–Crippen LogP) is 0.270. The number of amides is 1.